The Kier molecular flexibility index (Phi) is 5.64. The quantitative estimate of drug-likeness (QED) is 0.822. The van der Waals surface area contributed by atoms with Gasteiger partial charge >= 0.3 is 0 Å². The lowest BCUT2D eigenvalue weighted by molar-refractivity contribution is 0.410. The maximum atomic E-state index is 12.6. The fourth-order valence-corrected chi connectivity index (χ4v) is 3.77. The van der Waals surface area contributed by atoms with Crippen molar-refractivity contribution < 1.29 is 8.42 Å². The predicted molar refractivity (Wildman–Crippen MR) is 79.9 cm³/mol. The van der Waals surface area contributed by atoms with Crippen molar-refractivity contribution in [2.45, 2.75) is 38.5 Å². The molecule has 0 fully saturated rings. The zero-order chi connectivity index (χ0) is 14.6. The Morgan fingerprint density at radius 1 is 1.21 bits per heavy atom. The van der Waals surface area contributed by atoms with Gasteiger partial charge in [-0.1, -0.05) is 25.4 Å². The van der Waals surface area contributed by atoms with Gasteiger partial charge in [0.05, 0.1) is 15.6 Å². The summed E-state index contributed by atoms with van der Waals surface area (Å²) in [6, 6.07) is 3.01. The summed E-state index contributed by atoms with van der Waals surface area (Å²) in [5, 5.41) is 0.413. The molecular formula is C13H21ClN2O2S. The minimum atomic E-state index is -3.49. The van der Waals surface area contributed by atoms with Crippen molar-refractivity contribution in [3.05, 3.63) is 22.7 Å². The van der Waals surface area contributed by atoms with Crippen LogP contribution in [0.4, 0.5) is 5.69 Å². The van der Waals surface area contributed by atoms with Gasteiger partial charge in [-0.15, -0.1) is 0 Å². The van der Waals surface area contributed by atoms with Crippen LogP contribution in [-0.2, 0) is 10.0 Å². The van der Waals surface area contributed by atoms with E-state index in [1.165, 1.54) is 10.4 Å². The molecule has 1 aromatic rings. The van der Waals surface area contributed by atoms with Gasteiger partial charge in [0.1, 0.15) is 0 Å². The molecule has 0 unspecified atom stereocenters. The first-order valence-electron chi connectivity index (χ1n) is 6.40. The summed E-state index contributed by atoms with van der Waals surface area (Å²) in [4.78, 5) is 0.216. The highest BCUT2D eigenvalue weighted by Gasteiger charge is 2.24. The number of nitrogens with two attached hydrogens (primary N) is 1. The standard InChI is InChI=1S/C13H21ClN2O2S/c1-4-6-16(7-5-2)19(17,18)11-8-10(3)13(14)12(15)9-11/h8-9H,4-7,15H2,1-3H3. The van der Waals surface area contributed by atoms with Crippen LogP contribution in [0.15, 0.2) is 17.0 Å². The summed E-state index contributed by atoms with van der Waals surface area (Å²) in [5.41, 5.74) is 6.72. The Bertz CT molecular complexity index is 515. The molecule has 19 heavy (non-hydrogen) atoms. The highest BCUT2D eigenvalue weighted by Crippen LogP contribution is 2.28. The average molecular weight is 305 g/mol. The molecule has 0 aliphatic rings. The first-order chi connectivity index (χ1) is 8.84. The molecule has 0 aliphatic heterocycles. The van der Waals surface area contributed by atoms with Gasteiger partial charge in [0.15, 0.2) is 0 Å². The third-order valence-corrected chi connectivity index (χ3v) is 5.23. The van der Waals surface area contributed by atoms with Crippen molar-refractivity contribution in [1.82, 2.24) is 4.31 Å². The van der Waals surface area contributed by atoms with Crippen molar-refractivity contribution in [2.24, 2.45) is 0 Å². The normalized spacial score (nSPS) is 12.1. The average Bonchev–Trinajstić information content (AvgIpc) is 2.35. The number of anilines is 1. The van der Waals surface area contributed by atoms with Gasteiger partial charge in [0, 0.05) is 13.1 Å². The van der Waals surface area contributed by atoms with Crippen LogP contribution in [0.3, 0.4) is 0 Å². The second-order valence-corrected chi connectivity index (χ2v) is 6.86. The number of halogens is 1. The number of hydrogen-bond acceptors (Lipinski definition) is 3. The number of aryl methyl sites for hydroxylation is 1. The number of nitrogen functional groups attached to an aromatic ring is 1. The minimum Gasteiger partial charge on any atom is -0.397 e. The van der Waals surface area contributed by atoms with Gasteiger partial charge in [-0.3, -0.25) is 0 Å². The molecule has 0 saturated carbocycles. The van der Waals surface area contributed by atoms with Gasteiger partial charge in [-0.25, -0.2) is 8.42 Å². The third-order valence-electron chi connectivity index (χ3n) is 2.84. The molecule has 0 heterocycles. The van der Waals surface area contributed by atoms with Gasteiger partial charge in [0.25, 0.3) is 0 Å². The SMILES string of the molecule is CCCN(CCC)S(=O)(=O)c1cc(C)c(Cl)c(N)c1. The number of sulfonamides is 1. The lowest BCUT2D eigenvalue weighted by Gasteiger charge is -2.21. The molecule has 0 aliphatic carbocycles. The van der Waals surface area contributed by atoms with E-state index >= 15 is 0 Å². The molecule has 0 atom stereocenters. The Labute approximate surface area is 120 Å². The molecule has 0 aromatic heterocycles. The van der Waals surface area contributed by atoms with Gasteiger partial charge in [-0.05, 0) is 37.5 Å². The predicted octanol–water partition coefficient (Wildman–Crippen LogP) is 3.04. The van der Waals surface area contributed by atoms with Crippen molar-refractivity contribution in [3.63, 3.8) is 0 Å². The third kappa shape index (κ3) is 3.61. The van der Waals surface area contributed by atoms with Crippen LogP contribution >= 0.6 is 11.6 Å². The maximum absolute atomic E-state index is 12.6. The molecule has 2 N–H and O–H groups in total. The summed E-state index contributed by atoms with van der Waals surface area (Å²) in [6.45, 7) is 6.69. The summed E-state index contributed by atoms with van der Waals surface area (Å²) in [7, 11) is -3.49. The molecule has 0 spiro atoms. The summed E-state index contributed by atoms with van der Waals surface area (Å²) in [6.07, 6.45) is 1.56. The zero-order valence-corrected chi connectivity index (χ0v) is 13.2. The Balaban J connectivity index is 3.25. The number of rotatable bonds is 6. The van der Waals surface area contributed by atoms with Crippen molar-refractivity contribution in [3.8, 4) is 0 Å². The van der Waals surface area contributed by atoms with E-state index < -0.39 is 10.0 Å². The van der Waals surface area contributed by atoms with Gasteiger partial charge in [-0.2, -0.15) is 4.31 Å². The van der Waals surface area contributed by atoms with Crippen LogP contribution in [0.25, 0.3) is 0 Å². The minimum absolute atomic E-state index is 0.216. The molecular weight excluding hydrogens is 284 g/mol. The smallest absolute Gasteiger partial charge is 0.243 e. The molecule has 108 valence electrons. The summed E-state index contributed by atoms with van der Waals surface area (Å²) < 4.78 is 26.6. The lowest BCUT2D eigenvalue weighted by atomic mass is 10.2. The first-order valence-corrected chi connectivity index (χ1v) is 8.22. The zero-order valence-electron chi connectivity index (χ0n) is 11.6. The van der Waals surface area contributed by atoms with E-state index in [1.54, 1.807) is 13.0 Å². The largest absolute Gasteiger partial charge is 0.397 e. The van der Waals surface area contributed by atoms with E-state index in [2.05, 4.69) is 0 Å². The van der Waals surface area contributed by atoms with E-state index in [4.69, 9.17) is 17.3 Å². The van der Waals surface area contributed by atoms with E-state index in [0.29, 0.717) is 29.4 Å². The Hall–Kier alpha value is -0.780. The summed E-state index contributed by atoms with van der Waals surface area (Å²) >= 11 is 5.97. The summed E-state index contributed by atoms with van der Waals surface area (Å²) in [5.74, 6) is 0. The van der Waals surface area contributed by atoms with Gasteiger partial charge in [0.2, 0.25) is 10.0 Å². The van der Waals surface area contributed by atoms with Crippen LogP contribution < -0.4 is 5.73 Å². The monoisotopic (exact) mass is 304 g/mol. The Morgan fingerprint density at radius 2 is 1.74 bits per heavy atom. The van der Waals surface area contributed by atoms with E-state index in [9.17, 15) is 8.42 Å². The highest BCUT2D eigenvalue weighted by molar-refractivity contribution is 7.89. The molecule has 0 bridgehead atoms. The topological polar surface area (TPSA) is 63.4 Å². The number of benzene rings is 1. The fourth-order valence-electron chi connectivity index (χ4n) is 1.91. The molecule has 0 amide bonds. The van der Waals surface area contributed by atoms with E-state index in [-0.39, 0.29) is 4.90 Å². The lowest BCUT2D eigenvalue weighted by Crippen LogP contribution is -2.32. The van der Waals surface area contributed by atoms with Crippen molar-refractivity contribution in [2.75, 3.05) is 18.8 Å². The maximum Gasteiger partial charge on any atom is 0.243 e. The Morgan fingerprint density at radius 3 is 2.16 bits per heavy atom. The highest BCUT2D eigenvalue weighted by atomic mass is 35.5. The molecule has 0 saturated heterocycles. The molecule has 4 nitrogen and oxygen atoms in total. The number of nitrogens with zero attached hydrogens (tertiary/aromatic N) is 1. The molecule has 1 rings (SSSR count). The molecule has 0 radical (unpaired) electrons. The van der Waals surface area contributed by atoms with Crippen LogP contribution in [0.1, 0.15) is 32.3 Å². The molecule has 1 aromatic carbocycles. The van der Waals surface area contributed by atoms with Crippen LogP contribution in [0.5, 0.6) is 0 Å². The second-order valence-electron chi connectivity index (χ2n) is 4.55. The van der Waals surface area contributed by atoms with Crippen LogP contribution in [0, 0.1) is 6.92 Å². The van der Waals surface area contributed by atoms with Crippen molar-refractivity contribution in [1.29, 1.82) is 0 Å². The van der Waals surface area contributed by atoms with Gasteiger partial charge < -0.3 is 5.73 Å². The van der Waals surface area contributed by atoms with Crippen LogP contribution in [-0.4, -0.2) is 25.8 Å². The van der Waals surface area contributed by atoms with Crippen LogP contribution in [0.2, 0.25) is 5.02 Å². The number of hydrogen-bond donors (Lipinski definition) is 1. The fraction of sp³-hybridized carbons (Fsp3) is 0.538. The second kappa shape index (κ2) is 6.59. The van der Waals surface area contributed by atoms with E-state index in [1.807, 2.05) is 13.8 Å². The molecule has 6 heteroatoms. The van der Waals surface area contributed by atoms with E-state index in [0.717, 1.165) is 12.8 Å². The van der Waals surface area contributed by atoms with Crippen molar-refractivity contribution >= 4 is 27.3 Å². The first kappa shape index (κ1) is 16.3.